The van der Waals surface area contributed by atoms with Crippen LogP contribution < -0.4 is 4.74 Å². The second kappa shape index (κ2) is 9.34. The summed E-state index contributed by atoms with van der Waals surface area (Å²) in [6.45, 7) is 4.24. The van der Waals surface area contributed by atoms with Crippen LogP contribution in [-0.2, 0) is 19.6 Å². The number of halogens is 3. The molecule has 0 saturated heterocycles. The first-order valence-corrected chi connectivity index (χ1v) is 11.7. The zero-order chi connectivity index (χ0) is 26.3. The maximum Gasteiger partial charge on any atom is 0.434 e. The second-order valence-corrected chi connectivity index (χ2v) is 9.09. The van der Waals surface area contributed by atoms with Gasteiger partial charge in [-0.1, -0.05) is 62.4 Å². The molecule has 0 bridgehead atoms. The lowest BCUT2D eigenvalue weighted by Gasteiger charge is -2.13. The van der Waals surface area contributed by atoms with Crippen LogP contribution in [0.25, 0.3) is 28.4 Å². The van der Waals surface area contributed by atoms with Crippen LogP contribution in [0.3, 0.4) is 0 Å². The summed E-state index contributed by atoms with van der Waals surface area (Å²) in [5, 5.41) is 0. The standard InChI is InChI=1S/C27H25F3N6O/c1-16(2)19-7-5-6-8-20(19)23-33-25-21(31-15-36(25)26(34-23)37-4)13-17-9-11-18(12-10-17)24-32-22(14-35(24)3)27(28,29)30/h5-12,14-16H,13H2,1-4H3. The molecule has 0 fully saturated rings. The molecule has 3 heterocycles. The van der Waals surface area contributed by atoms with Gasteiger partial charge in [0.2, 0.25) is 0 Å². The molecule has 190 valence electrons. The summed E-state index contributed by atoms with van der Waals surface area (Å²) >= 11 is 0. The van der Waals surface area contributed by atoms with Crippen LogP contribution in [0, 0.1) is 0 Å². The van der Waals surface area contributed by atoms with Gasteiger partial charge < -0.3 is 9.30 Å². The van der Waals surface area contributed by atoms with Gasteiger partial charge in [-0.05, 0) is 17.0 Å². The molecule has 0 aliphatic carbocycles. The maximum atomic E-state index is 13.0. The Morgan fingerprint density at radius 2 is 1.70 bits per heavy atom. The number of imidazole rings is 2. The molecule has 0 aliphatic rings. The zero-order valence-corrected chi connectivity index (χ0v) is 20.8. The Morgan fingerprint density at radius 3 is 2.35 bits per heavy atom. The average Bonchev–Trinajstić information content (AvgIpc) is 3.47. The molecular weight excluding hydrogens is 481 g/mol. The summed E-state index contributed by atoms with van der Waals surface area (Å²) in [6, 6.07) is 15.6. The van der Waals surface area contributed by atoms with E-state index in [-0.39, 0.29) is 11.7 Å². The van der Waals surface area contributed by atoms with Crippen LogP contribution in [0.15, 0.2) is 61.1 Å². The van der Waals surface area contributed by atoms with E-state index >= 15 is 0 Å². The van der Waals surface area contributed by atoms with E-state index in [0.717, 1.165) is 28.6 Å². The monoisotopic (exact) mass is 506 g/mol. The minimum atomic E-state index is -4.49. The lowest BCUT2D eigenvalue weighted by Crippen LogP contribution is -2.04. The molecular formula is C27H25F3N6O. The number of nitrogens with zero attached hydrogens (tertiary/aromatic N) is 6. The predicted molar refractivity (Wildman–Crippen MR) is 133 cm³/mol. The first-order chi connectivity index (χ1) is 17.7. The van der Waals surface area contributed by atoms with Crippen molar-refractivity contribution in [3.63, 3.8) is 0 Å². The van der Waals surface area contributed by atoms with Gasteiger partial charge in [-0.3, -0.25) is 0 Å². The number of benzene rings is 2. The molecule has 2 aromatic carbocycles. The number of fused-ring (bicyclic) bond motifs is 1. The van der Waals surface area contributed by atoms with Crippen molar-refractivity contribution in [2.24, 2.45) is 7.05 Å². The van der Waals surface area contributed by atoms with E-state index in [1.54, 1.807) is 37.0 Å². The Morgan fingerprint density at radius 1 is 0.973 bits per heavy atom. The SMILES string of the molecule is COc1nc(-c2ccccc2C(C)C)nc2c(Cc3ccc(-c4nc(C(F)(F)F)cn4C)cc3)ncn12. The van der Waals surface area contributed by atoms with Gasteiger partial charge in [-0.2, -0.15) is 18.2 Å². The summed E-state index contributed by atoms with van der Waals surface area (Å²) in [4.78, 5) is 17.8. The highest BCUT2D eigenvalue weighted by atomic mass is 19.4. The highest BCUT2D eigenvalue weighted by Gasteiger charge is 2.34. The van der Waals surface area contributed by atoms with Crippen LogP contribution >= 0.6 is 0 Å². The van der Waals surface area contributed by atoms with Gasteiger partial charge >= 0.3 is 12.2 Å². The topological polar surface area (TPSA) is 70.1 Å². The van der Waals surface area contributed by atoms with Gasteiger partial charge in [0.25, 0.3) is 0 Å². The number of hydrogen-bond acceptors (Lipinski definition) is 5. The van der Waals surface area contributed by atoms with E-state index in [1.807, 2.05) is 30.3 Å². The smallest absolute Gasteiger partial charge is 0.434 e. The highest BCUT2D eigenvalue weighted by molar-refractivity contribution is 5.64. The van der Waals surface area contributed by atoms with Crippen LogP contribution in [-0.4, -0.2) is 36.0 Å². The number of ether oxygens (including phenoxy) is 1. The van der Waals surface area contributed by atoms with Crippen molar-refractivity contribution in [1.82, 2.24) is 28.9 Å². The van der Waals surface area contributed by atoms with Gasteiger partial charge in [0.1, 0.15) is 12.2 Å². The molecule has 0 saturated carbocycles. The molecule has 0 spiro atoms. The van der Waals surface area contributed by atoms with E-state index in [1.165, 1.54) is 4.57 Å². The molecule has 0 unspecified atom stereocenters. The summed E-state index contributed by atoms with van der Waals surface area (Å²) in [6.07, 6.45) is -1.41. The van der Waals surface area contributed by atoms with Crippen molar-refractivity contribution in [2.75, 3.05) is 7.11 Å². The summed E-state index contributed by atoms with van der Waals surface area (Å²) in [7, 11) is 3.10. The Balaban J connectivity index is 1.49. The minimum absolute atomic E-state index is 0.247. The number of rotatable bonds is 6. The number of hydrogen-bond donors (Lipinski definition) is 0. The van der Waals surface area contributed by atoms with Gasteiger partial charge in [0.15, 0.2) is 17.2 Å². The molecule has 0 N–H and O–H groups in total. The molecule has 0 amide bonds. The Hall–Kier alpha value is -4.21. The van der Waals surface area contributed by atoms with E-state index < -0.39 is 11.9 Å². The maximum absolute atomic E-state index is 13.0. The van der Waals surface area contributed by atoms with Crippen LogP contribution in [0.4, 0.5) is 13.2 Å². The molecule has 0 aliphatic heterocycles. The van der Waals surface area contributed by atoms with Crippen molar-refractivity contribution in [3.05, 3.63) is 83.6 Å². The first kappa shape index (κ1) is 24.5. The van der Waals surface area contributed by atoms with Gasteiger partial charge in [0.05, 0.1) is 12.8 Å². The van der Waals surface area contributed by atoms with E-state index in [4.69, 9.17) is 9.72 Å². The molecule has 5 aromatic rings. The fourth-order valence-electron chi connectivity index (χ4n) is 4.34. The highest BCUT2D eigenvalue weighted by Crippen LogP contribution is 2.31. The van der Waals surface area contributed by atoms with Crippen LogP contribution in [0.5, 0.6) is 6.01 Å². The third kappa shape index (κ3) is 4.66. The fraction of sp³-hybridized carbons (Fsp3) is 0.259. The summed E-state index contributed by atoms with van der Waals surface area (Å²) < 4.78 is 47.8. The van der Waals surface area contributed by atoms with Crippen LogP contribution in [0.1, 0.15) is 42.3 Å². The largest absolute Gasteiger partial charge is 0.468 e. The Kier molecular flexibility index (Phi) is 6.18. The molecule has 3 aromatic heterocycles. The minimum Gasteiger partial charge on any atom is -0.468 e. The van der Waals surface area contributed by atoms with Gasteiger partial charge in [-0.25, -0.2) is 19.4 Å². The van der Waals surface area contributed by atoms with Crippen molar-refractivity contribution in [1.29, 1.82) is 0 Å². The van der Waals surface area contributed by atoms with Crippen molar-refractivity contribution >= 4 is 5.65 Å². The van der Waals surface area contributed by atoms with Crippen molar-refractivity contribution in [3.8, 4) is 28.8 Å². The third-order valence-corrected chi connectivity index (χ3v) is 6.19. The second-order valence-electron chi connectivity index (χ2n) is 9.09. The number of aromatic nitrogens is 6. The van der Waals surface area contributed by atoms with E-state index in [0.29, 0.717) is 29.5 Å². The molecule has 7 nitrogen and oxygen atoms in total. The summed E-state index contributed by atoms with van der Waals surface area (Å²) in [5.74, 6) is 1.09. The first-order valence-electron chi connectivity index (χ1n) is 11.7. The van der Waals surface area contributed by atoms with Gasteiger partial charge in [-0.15, -0.1) is 0 Å². The number of alkyl halides is 3. The molecule has 10 heteroatoms. The van der Waals surface area contributed by atoms with Crippen LogP contribution in [0.2, 0.25) is 0 Å². The predicted octanol–water partition coefficient (Wildman–Crippen LogP) is 5.93. The number of aryl methyl sites for hydroxylation is 1. The lowest BCUT2D eigenvalue weighted by molar-refractivity contribution is -0.140. The third-order valence-electron chi connectivity index (χ3n) is 6.19. The van der Waals surface area contributed by atoms with E-state index in [2.05, 4.69) is 34.9 Å². The van der Waals surface area contributed by atoms with Crippen molar-refractivity contribution in [2.45, 2.75) is 32.4 Å². The Labute approximate surface area is 211 Å². The van der Waals surface area contributed by atoms with Gasteiger partial charge in [0, 0.05) is 30.8 Å². The quantitative estimate of drug-likeness (QED) is 0.285. The summed E-state index contributed by atoms with van der Waals surface area (Å²) in [5.41, 5.74) is 4.03. The molecule has 5 rings (SSSR count). The Bertz CT molecular complexity index is 1570. The number of methoxy groups -OCH3 is 1. The zero-order valence-electron chi connectivity index (χ0n) is 20.8. The van der Waals surface area contributed by atoms with E-state index in [9.17, 15) is 13.2 Å². The lowest BCUT2D eigenvalue weighted by atomic mass is 9.97. The average molecular weight is 507 g/mol. The molecule has 0 atom stereocenters. The fourth-order valence-corrected chi connectivity index (χ4v) is 4.34. The molecule has 37 heavy (non-hydrogen) atoms. The van der Waals surface area contributed by atoms with Crippen molar-refractivity contribution < 1.29 is 17.9 Å². The molecule has 0 radical (unpaired) electrons. The normalized spacial score (nSPS) is 12.0.